The summed E-state index contributed by atoms with van der Waals surface area (Å²) in [6.07, 6.45) is 2.08. The Labute approximate surface area is 154 Å². The first-order chi connectivity index (χ1) is 12.2. The summed E-state index contributed by atoms with van der Waals surface area (Å²) in [5, 5.41) is 2.60. The van der Waals surface area contributed by atoms with Gasteiger partial charge >= 0.3 is 5.97 Å². The summed E-state index contributed by atoms with van der Waals surface area (Å²) in [5.74, 6) is -1.07. The van der Waals surface area contributed by atoms with E-state index in [0.717, 1.165) is 18.4 Å². The van der Waals surface area contributed by atoms with Crippen LogP contribution in [0.25, 0.3) is 0 Å². The van der Waals surface area contributed by atoms with Gasteiger partial charge in [-0.15, -0.1) is 0 Å². The molecule has 1 heterocycles. The van der Waals surface area contributed by atoms with Crippen molar-refractivity contribution in [1.29, 1.82) is 0 Å². The molecule has 0 bridgehead atoms. The van der Waals surface area contributed by atoms with E-state index < -0.39 is 28.0 Å². The molecule has 2 rings (SSSR count). The number of carbonyl (C=O) groups is 2. The van der Waals surface area contributed by atoms with Crippen LogP contribution in [-0.4, -0.2) is 43.8 Å². The molecule has 1 saturated heterocycles. The predicted molar refractivity (Wildman–Crippen MR) is 98.0 cm³/mol. The average Bonchev–Trinajstić information content (AvgIpc) is 3.09. The summed E-state index contributed by atoms with van der Waals surface area (Å²) in [7, 11) is -3.48. The normalized spacial score (nSPS) is 16.0. The van der Waals surface area contributed by atoms with Gasteiger partial charge in [0.15, 0.2) is 6.10 Å². The van der Waals surface area contributed by atoms with Gasteiger partial charge in [0.25, 0.3) is 5.91 Å². The Kier molecular flexibility index (Phi) is 6.55. The molecule has 7 nitrogen and oxygen atoms in total. The van der Waals surface area contributed by atoms with Gasteiger partial charge in [-0.25, -0.2) is 13.2 Å². The van der Waals surface area contributed by atoms with Crippen molar-refractivity contribution in [1.82, 2.24) is 4.31 Å². The van der Waals surface area contributed by atoms with Crippen LogP contribution < -0.4 is 5.32 Å². The van der Waals surface area contributed by atoms with Crippen molar-refractivity contribution >= 4 is 27.6 Å². The van der Waals surface area contributed by atoms with Crippen LogP contribution in [0.1, 0.15) is 33.6 Å². The second-order valence-corrected chi connectivity index (χ2v) is 8.36. The minimum Gasteiger partial charge on any atom is -0.449 e. The minimum atomic E-state index is -3.48. The standard InChI is InChI=1S/C18H24N2O5S/c1-13(2)12-17(21)25-14(3)18(22)19-15-6-8-16(9-7-15)26(23,24)20-10-4-5-11-20/h6-9,12,14H,4-5,10-11H2,1-3H3,(H,19,22)/t14-/m1/s1. The van der Waals surface area contributed by atoms with Gasteiger partial charge in [0, 0.05) is 24.9 Å². The van der Waals surface area contributed by atoms with E-state index in [1.54, 1.807) is 13.8 Å². The number of sulfonamides is 1. The Morgan fingerprint density at radius 3 is 2.27 bits per heavy atom. The van der Waals surface area contributed by atoms with Crippen LogP contribution in [-0.2, 0) is 24.3 Å². The van der Waals surface area contributed by atoms with Crippen molar-refractivity contribution in [3.8, 4) is 0 Å². The molecule has 1 aromatic rings. The van der Waals surface area contributed by atoms with Crippen molar-refractivity contribution in [2.45, 2.75) is 44.6 Å². The molecule has 0 aliphatic carbocycles. The van der Waals surface area contributed by atoms with Crippen molar-refractivity contribution in [3.05, 3.63) is 35.9 Å². The fraction of sp³-hybridized carbons (Fsp3) is 0.444. The van der Waals surface area contributed by atoms with Crippen LogP contribution >= 0.6 is 0 Å². The average molecular weight is 380 g/mol. The van der Waals surface area contributed by atoms with Crippen LogP contribution in [0.2, 0.25) is 0 Å². The van der Waals surface area contributed by atoms with E-state index in [4.69, 9.17) is 4.74 Å². The Morgan fingerprint density at radius 2 is 1.73 bits per heavy atom. The van der Waals surface area contributed by atoms with Gasteiger partial charge < -0.3 is 10.1 Å². The largest absolute Gasteiger partial charge is 0.449 e. The number of rotatable bonds is 6. The van der Waals surface area contributed by atoms with Gasteiger partial charge in [0.05, 0.1) is 4.90 Å². The van der Waals surface area contributed by atoms with Crippen LogP contribution in [0.3, 0.4) is 0 Å². The molecule has 1 aliphatic heterocycles. The zero-order valence-corrected chi connectivity index (χ0v) is 16.0. The summed E-state index contributed by atoms with van der Waals surface area (Å²) in [6.45, 7) is 6.05. The lowest BCUT2D eigenvalue weighted by atomic mass is 10.3. The van der Waals surface area contributed by atoms with Crippen LogP contribution in [0.4, 0.5) is 5.69 Å². The number of carbonyl (C=O) groups excluding carboxylic acids is 2. The molecule has 1 aromatic carbocycles. The third-order valence-electron chi connectivity index (χ3n) is 3.89. The monoisotopic (exact) mass is 380 g/mol. The summed E-state index contributed by atoms with van der Waals surface area (Å²) in [6, 6.07) is 5.96. The topological polar surface area (TPSA) is 92.8 Å². The van der Waals surface area contributed by atoms with E-state index in [1.165, 1.54) is 41.6 Å². The summed E-state index contributed by atoms with van der Waals surface area (Å²) < 4.78 is 31.4. The maximum atomic E-state index is 12.5. The second kappa shape index (κ2) is 8.46. The summed E-state index contributed by atoms with van der Waals surface area (Å²) in [5.41, 5.74) is 1.21. The molecule has 1 atom stereocenters. The zero-order chi connectivity index (χ0) is 19.3. The molecule has 1 amide bonds. The van der Waals surface area contributed by atoms with Gasteiger partial charge in [-0.2, -0.15) is 4.31 Å². The van der Waals surface area contributed by atoms with E-state index in [-0.39, 0.29) is 4.90 Å². The number of amides is 1. The first-order valence-electron chi connectivity index (χ1n) is 8.47. The third kappa shape index (κ3) is 5.15. The smallest absolute Gasteiger partial charge is 0.331 e. The van der Waals surface area contributed by atoms with Crippen molar-refractivity contribution in [2.24, 2.45) is 0 Å². The highest BCUT2D eigenvalue weighted by Gasteiger charge is 2.27. The van der Waals surface area contributed by atoms with E-state index in [0.29, 0.717) is 18.8 Å². The highest BCUT2D eigenvalue weighted by Crippen LogP contribution is 2.22. The summed E-state index contributed by atoms with van der Waals surface area (Å²) in [4.78, 5) is 23.8. The predicted octanol–water partition coefficient (Wildman–Crippen LogP) is 2.31. The highest BCUT2D eigenvalue weighted by molar-refractivity contribution is 7.89. The van der Waals surface area contributed by atoms with Crippen molar-refractivity contribution in [2.75, 3.05) is 18.4 Å². The number of hydrogen-bond donors (Lipinski definition) is 1. The lowest BCUT2D eigenvalue weighted by Gasteiger charge is -2.16. The minimum absolute atomic E-state index is 0.195. The molecule has 1 N–H and O–H groups in total. The number of benzene rings is 1. The molecule has 26 heavy (non-hydrogen) atoms. The number of hydrogen-bond acceptors (Lipinski definition) is 5. The maximum absolute atomic E-state index is 12.5. The lowest BCUT2D eigenvalue weighted by molar-refractivity contribution is -0.148. The molecule has 0 aromatic heterocycles. The second-order valence-electron chi connectivity index (χ2n) is 6.43. The Balaban J connectivity index is 1.99. The molecular weight excluding hydrogens is 356 g/mol. The van der Waals surface area contributed by atoms with Crippen LogP contribution in [0.15, 0.2) is 40.8 Å². The van der Waals surface area contributed by atoms with Gasteiger partial charge in [-0.1, -0.05) is 5.57 Å². The Bertz CT molecular complexity index is 789. The van der Waals surface area contributed by atoms with Crippen molar-refractivity contribution in [3.63, 3.8) is 0 Å². The molecule has 142 valence electrons. The number of allylic oxidation sites excluding steroid dienone is 1. The molecule has 0 saturated carbocycles. The number of ether oxygens (including phenoxy) is 1. The molecule has 0 unspecified atom stereocenters. The van der Waals surface area contributed by atoms with Crippen molar-refractivity contribution < 1.29 is 22.7 Å². The quantitative estimate of drug-likeness (QED) is 0.604. The highest BCUT2D eigenvalue weighted by atomic mass is 32.2. The molecule has 0 radical (unpaired) electrons. The first-order valence-corrected chi connectivity index (χ1v) is 9.91. The number of nitrogens with zero attached hydrogens (tertiary/aromatic N) is 1. The number of esters is 1. The Hall–Kier alpha value is -2.19. The van der Waals surface area contributed by atoms with Crippen LogP contribution in [0, 0.1) is 0 Å². The summed E-state index contributed by atoms with van der Waals surface area (Å²) >= 11 is 0. The third-order valence-corrected chi connectivity index (χ3v) is 5.81. The maximum Gasteiger partial charge on any atom is 0.331 e. The Morgan fingerprint density at radius 1 is 1.15 bits per heavy atom. The molecule has 1 fully saturated rings. The molecule has 0 spiro atoms. The number of nitrogens with one attached hydrogen (secondary N) is 1. The lowest BCUT2D eigenvalue weighted by Crippen LogP contribution is -2.29. The SMILES string of the molecule is CC(C)=CC(=O)O[C@H](C)C(=O)Nc1ccc(S(=O)(=O)N2CCCC2)cc1. The molecule has 1 aliphatic rings. The van der Waals surface area contributed by atoms with Gasteiger partial charge in [-0.05, 0) is 57.9 Å². The fourth-order valence-electron chi connectivity index (χ4n) is 2.53. The van der Waals surface area contributed by atoms with Gasteiger partial charge in [0.1, 0.15) is 0 Å². The van der Waals surface area contributed by atoms with E-state index in [9.17, 15) is 18.0 Å². The number of anilines is 1. The van der Waals surface area contributed by atoms with Gasteiger partial charge in [-0.3, -0.25) is 4.79 Å². The fourth-order valence-corrected chi connectivity index (χ4v) is 4.05. The first kappa shape index (κ1) is 20.1. The van der Waals surface area contributed by atoms with Gasteiger partial charge in [0.2, 0.25) is 10.0 Å². The zero-order valence-electron chi connectivity index (χ0n) is 15.2. The van der Waals surface area contributed by atoms with E-state index in [2.05, 4.69) is 5.32 Å². The van der Waals surface area contributed by atoms with Crippen LogP contribution in [0.5, 0.6) is 0 Å². The molecule has 8 heteroatoms. The molecular formula is C18H24N2O5S. The van der Waals surface area contributed by atoms with E-state index >= 15 is 0 Å². The van der Waals surface area contributed by atoms with E-state index in [1.807, 2.05) is 0 Å².